The summed E-state index contributed by atoms with van der Waals surface area (Å²) in [5, 5.41) is 13.5. The Morgan fingerprint density at radius 1 is 1.15 bits per heavy atom. The Morgan fingerprint density at radius 3 is 2.73 bits per heavy atom. The fraction of sp³-hybridized carbons (Fsp3) is 0.167. The van der Waals surface area contributed by atoms with Gasteiger partial charge in [0, 0.05) is 23.4 Å². The Labute approximate surface area is 194 Å². The quantitative estimate of drug-likeness (QED) is 0.390. The molecule has 1 heterocycles. The molecule has 2 amide bonds. The molecule has 33 heavy (non-hydrogen) atoms. The highest BCUT2D eigenvalue weighted by Gasteiger charge is 2.35. The molecule has 0 spiro atoms. The van der Waals surface area contributed by atoms with E-state index in [4.69, 9.17) is 4.74 Å². The van der Waals surface area contributed by atoms with Crippen molar-refractivity contribution in [2.75, 3.05) is 22.6 Å². The molecule has 9 heteroatoms. The molecule has 0 radical (unpaired) electrons. The van der Waals surface area contributed by atoms with Gasteiger partial charge in [0.15, 0.2) is 0 Å². The van der Waals surface area contributed by atoms with Gasteiger partial charge < -0.3 is 10.1 Å². The molecule has 0 aromatic heterocycles. The summed E-state index contributed by atoms with van der Waals surface area (Å²) in [5.41, 5.74) is 2.11. The number of hydrogen-bond donors (Lipinski definition) is 1. The van der Waals surface area contributed by atoms with E-state index >= 15 is 0 Å². The van der Waals surface area contributed by atoms with E-state index < -0.39 is 10.8 Å². The molecule has 1 N–H and O–H groups in total. The molecular weight excluding hydrogens is 442 g/mol. The van der Waals surface area contributed by atoms with Crippen molar-refractivity contribution in [3.63, 3.8) is 0 Å². The second kappa shape index (κ2) is 9.74. The minimum atomic E-state index is -0.541. The first kappa shape index (κ1) is 22.3. The molecule has 8 nitrogen and oxygen atoms in total. The standard InChI is InChI=1S/C24H21N3O5S/c1-2-32-21-12-4-3-11-20(21)26-22(28)15-33-24(26)17-8-5-9-18(13-17)25-23(29)16-7-6-10-19(14-16)27(30)31/h3-14,24H,2,15H2,1H3,(H,25,29). The summed E-state index contributed by atoms with van der Waals surface area (Å²) in [6, 6.07) is 20.2. The molecule has 1 aliphatic heterocycles. The normalized spacial score (nSPS) is 15.4. The van der Waals surface area contributed by atoms with Crippen molar-refractivity contribution in [2.24, 2.45) is 0 Å². The number of benzene rings is 3. The zero-order chi connectivity index (χ0) is 23.4. The second-order valence-electron chi connectivity index (χ2n) is 7.21. The monoisotopic (exact) mass is 463 g/mol. The zero-order valence-corrected chi connectivity index (χ0v) is 18.6. The summed E-state index contributed by atoms with van der Waals surface area (Å²) in [6.07, 6.45) is 0. The number of nitrogens with zero attached hydrogens (tertiary/aromatic N) is 2. The number of anilines is 2. The molecule has 1 saturated heterocycles. The highest BCUT2D eigenvalue weighted by molar-refractivity contribution is 8.00. The minimum Gasteiger partial charge on any atom is -0.492 e. The van der Waals surface area contributed by atoms with Crippen LogP contribution in [0, 0.1) is 10.1 Å². The lowest BCUT2D eigenvalue weighted by atomic mass is 10.1. The summed E-state index contributed by atoms with van der Waals surface area (Å²) < 4.78 is 5.73. The smallest absolute Gasteiger partial charge is 0.270 e. The van der Waals surface area contributed by atoms with E-state index in [-0.39, 0.29) is 22.5 Å². The maximum Gasteiger partial charge on any atom is 0.270 e. The number of nitro groups is 1. The molecule has 1 fully saturated rings. The Morgan fingerprint density at radius 2 is 1.94 bits per heavy atom. The maximum atomic E-state index is 12.8. The van der Waals surface area contributed by atoms with Crippen molar-refractivity contribution in [3.8, 4) is 5.75 Å². The number of carbonyl (C=O) groups is 2. The number of carbonyl (C=O) groups excluding carboxylic acids is 2. The van der Waals surface area contributed by atoms with Crippen molar-refractivity contribution in [1.29, 1.82) is 0 Å². The third-order valence-corrected chi connectivity index (χ3v) is 6.25. The Kier molecular flexibility index (Phi) is 6.60. The summed E-state index contributed by atoms with van der Waals surface area (Å²) in [6.45, 7) is 2.37. The predicted octanol–water partition coefficient (Wildman–Crippen LogP) is 5.02. The van der Waals surface area contributed by atoms with E-state index in [1.165, 1.54) is 36.0 Å². The van der Waals surface area contributed by atoms with Crippen molar-refractivity contribution >= 4 is 40.6 Å². The summed E-state index contributed by atoms with van der Waals surface area (Å²) in [5.74, 6) is 0.485. The fourth-order valence-corrected chi connectivity index (χ4v) is 4.76. The van der Waals surface area contributed by atoms with Crippen LogP contribution in [0.2, 0.25) is 0 Å². The van der Waals surface area contributed by atoms with Gasteiger partial charge in [0.25, 0.3) is 11.6 Å². The average Bonchev–Trinajstić information content (AvgIpc) is 3.21. The van der Waals surface area contributed by atoms with Crippen LogP contribution < -0.4 is 15.0 Å². The number of amides is 2. The first-order valence-corrected chi connectivity index (χ1v) is 11.3. The first-order valence-electron chi connectivity index (χ1n) is 10.3. The number of hydrogen-bond acceptors (Lipinski definition) is 6. The van der Waals surface area contributed by atoms with Crippen LogP contribution in [0.4, 0.5) is 17.1 Å². The van der Waals surface area contributed by atoms with Crippen LogP contribution in [0.15, 0.2) is 72.8 Å². The van der Waals surface area contributed by atoms with Gasteiger partial charge in [-0.2, -0.15) is 0 Å². The van der Waals surface area contributed by atoms with E-state index in [2.05, 4.69) is 5.32 Å². The predicted molar refractivity (Wildman–Crippen MR) is 128 cm³/mol. The lowest BCUT2D eigenvalue weighted by molar-refractivity contribution is -0.384. The summed E-state index contributed by atoms with van der Waals surface area (Å²) >= 11 is 1.50. The Balaban J connectivity index is 1.59. The topological polar surface area (TPSA) is 102 Å². The van der Waals surface area contributed by atoms with Crippen molar-refractivity contribution in [2.45, 2.75) is 12.3 Å². The molecule has 1 atom stereocenters. The van der Waals surface area contributed by atoms with Crippen LogP contribution in [0.1, 0.15) is 28.2 Å². The maximum absolute atomic E-state index is 12.8. The van der Waals surface area contributed by atoms with Crippen LogP contribution in [0.25, 0.3) is 0 Å². The lowest BCUT2D eigenvalue weighted by Crippen LogP contribution is -2.28. The zero-order valence-electron chi connectivity index (χ0n) is 17.8. The largest absolute Gasteiger partial charge is 0.492 e. The third kappa shape index (κ3) is 4.83. The highest BCUT2D eigenvalue weighted by atomic mass is 32.2. The van der Waals surface area contributed by atoms with E-state index in [0.29, 0.717) is 29.5 Å². The van der Waals surface area contributed by atoms with Gasteiger partial charge in [0.05, 0.1) is 23.0 Å². The van der Waals surface area contributed by atoms with Gasteiger partial charge in [-0.15, -0.1) is 11.8 Å². The van der Waals surface area contributed by atoms with Crippen LogP contribution in [0.5, 0.6) is 5.75 Å². The third-order valence-electron chi connectivity index (χ3n) is 5.04. The van der Waals surface area contributed by atoms with E-state index in [9.17, 15) is 19.7 Å². The number of rotatable bonds is 7. The second-order valence-corrected chi connectivity index (χ2v) is 8.28. The number of thioether (sulfide) groups is 1. The molecule has 4 rings (SSSR count). The first-order chi connectivity index (χ1) is 16.0. The molecule has 1 aliphatic rings. The van der Waals surface area contributed by atoms with E-state index in [1.54, 1.807) is 17.0 Å². The number of nitrogens with one attached hydrogen (secondary N) is 1. The van der Waals surface area contributed by atoms with Gasteiger partial charge in [-0.1, -0.05) is 30.3 Å². The average molecular weight is 464 g/mol. The minimum absolute atomic E-state index is 0.0248. The van der Waals surface area contributed by atoms with Crippen LogP contribution in [-0.4, -0.2) is 29.1 Å². The van der Waals surface area contributed by atoms with Gasteiger partial charge in [0.1, 0.15) is 11.1 Å². The van der Waals surface area contributed by atoms with Crippen molar-refractivity contribution in [1.82, 2.24) is 0 Å². The van der Waals surface area contributed by atoms with Crippen LogP contribution in [-0.2, 0) is 4.79 Å². The van der Waals surface area contributed by atoms with Crippen LogP contribution >= 0.6 is 11.8 Å². The van der Waals surface area contributed by atoms with Crippen molar-refractivity contribution in [3.05, 3.63) is 94.0 Å². The van der Waals surface area contributed by atoms with Gasteiger partial charge in [-0.3, -0.25) is 24.6 Å². The molecule has 3 aromatic rings. The SMILES string of the molecule is CCOc1ccccc1N1C(=O)CSC1c1cccc(NC(=O)c2cccc([N+](=O)[O-])c2)c1. The lowest BCUT2D eigenvalue weighted by Gasteiger charge is -2.26. The van der Waals surface area contributed by atoms with E-state index in [0.717, 1.165) is 5.56 Å². The number of ether oxygens (including phenoxy) is 1. The van der Waals surface area contributed by atoms with Gasteiger partial charge in [-0.25, -0.2) is 0 Å². The highest BCUT2D eigenvalue weighted by Crippen LogP contribution is 2.45. The number of para-hydroxylation sites is 2. The molecular formula is C24H21N3O5S. The molecule has 0 bridgehead atoms. The molecule has 168 valence electrons. The summed E-state index contributed by atoms with van der Waals surface area (Å²) in [4.78, 5) is 37.6. The van der Waals surface area contributed by atoms with Crippen molar-refractivity contribution < 1.29 is 19.2 Å². The number of non-ortho nitro benzene ring substituents is 1. The summed E-state index contributed by atoms with van der Waals surface area (Å²) in [7, 11) is 0. The molecule has 0 saturated carbocycles. The van der Waals surface area contributed by atoms with Gasteiger partial charge >= 0.3 is 0 Å². The van der Waals surface area contributed by atoms with Gasteiger partial charge in [-0.05, 0) is 42.8 Å². The molecule has 3 aromatic carbocycles. The fourth-order valence-electron chi connectivity index (χ4n) is 3.60. The number of nitro benzene ring substituents is 1. The Hall–Kier alpha value is -3.85. The Bertz CT molecular complexity index is 1220. The van der Waals surface area contributed by atoms with Crippen LogP contribution in [0.3, 0.4) is 0 Å². The van der Waals surface area contributed by atoms with Gasteiger partial charge in [0.2, 0.25) is 5.91 Å². The molecule has 1 unspecified atom stereocenters. The molecule has 0 aliphatic carbocycles. The van der Waals surface area contributed by atoms with E-state index in [1.807, 2.05) is 43.3 Å².